The van der Waals surface area contributed by atoms with E-state index in [4.69, 9.17) is 4.74 Å². The average Bonchev–Trinajstić information content (AvgIpc) is 2.36. The summed E-state index contributed by atoms with van der Waals surface area (Å²) in [6, 6.07) is 7.56. The third-order valence-corrected chi connectivity index (χ3v) is 2.58. The minimum atomic E-state index is -0.386. The van der Waals surface area contributed by atoms with E-state index in [1.807, 2.05) is 24.3 Å². The third-order valence-electron chi connectivity index (χ3n) is 2.58. The van der Waals surface area contributed by atoms with Gasteiger partial charge in [-0.1, -0.05) is 18.2 Å². The van der Waals surface area contributed by atoms with Crippen LogP contribution in [0.3, 0.4) is 0 Å². The molecule has 0 aliphatic carbocycles. The number of likely N-dealkylation sites (N-methyl/N-ethyl adjacent to an activating group) is 1. The van der Waals surface area contributed by atoms with Crippen LogP contribution in [0.15, 0.2) is 24.3 Å². The van der Waals surface area contributed by atoms with E-state index in [9.17, 15) is 9.90 Å². The summed E-state index contributed by atoms with van der Waals surface area (Å²) >= 11 is 0. The Morgan fingerprint density at radius 1 is 1.42 bits per heavy atom. The van der Waals surface area contributed by atoms with Gasteiger partial charge < -0.3 is 20.1 Å². The molecule has 0 aliphatic rings. The first-order chi connectivity index (χ1) is 9.00. The quantitative estimate of drug-likeness (QED) is 0.759. The number of ether oxygens (including phenoxy) is 1. The fourth-order valence-electron chi connectivity index (χ4n) is 1.47. The number of aliphatic hydroxyl groups excluding tert-OH is 1. The van der Waals surface area contributed by atoms with E-state index in [1.165, 1.54) is 4.90 Å². The number of benzene rings is 1. The standard InChI is InChI=1S/C14H22N2O3/c1-11(17)8-15-9-12-6-4-5-7-13(12)19-10-14(18)16(2)3/h4-7,11,15,17H,8-10H2,1-3H3. The van der Waals surface area contributed by atoms with Gasteiger partial charge in [0.05, 0.1) is 6.10 Å². The molecule has 0 saturated heterocycles. The summed E-state index contributed by atoms with van der Waals surface area (Å²) in [4.78, 5) is 13.0. The highest BCUT2D eigenvalue weighted by atomic mass is 16.5. The first-order valence-corrected chi connectivity index (χ1v) is 6.30. The summed E-state index contributed by atoms with van der Waals surface area (Å²) in [7, 11) is 3.39. The Kier molecular flexibility index (Phi) is 6.32. The molecular formula is C14H22N2O3. The molecule has 0 radical (unpaired) electrons. The van der Waals surface area contributed by atoms with Crippen LogP contribution in [-0.2, 0) is 11.3 Å². The van der Waals surface area contributed by atoms with Crippen molar-refractivity contribution in [2.75, 3.05) is 27.2 Å². The number of hydrogen-bond donors (Lipinski definition) is 2. The Bertz CT molecular complexity index is 405. The van der Waals surface area contributed by atoms with Crippen LogP contribution in [-0.4, -0.2) is 49.3 Å². The number of aliphatic hydroxyl groups is 1. The molecule has 0 fully saturated rings. The maximum atomic E-state index is 11.5. The second kappa shape index (κ2) is 7.76. The van der Waals surface area contributed by atoms with Crippen LogP contribution in [0.1, 0.15) is 12.5 Å². The first-order valence-electron chi connectivity index (χ1n) is 6.30. The maximum absolute atomic E-state index is 11.5. The summed E-state index contributed by atoms with van der Waals surface area (Å²) in [5, 5.41) is 12.3. The van der Waals surface area contributed by atoms with Gasteiger partial charge in [-0.25, -0.2) is 0 Å². The van der Waals surface area contributed by atoms with Gasteiger partial charge in [-0.2, -0.15) is 0 Å². The summed E-state index contributed by atoms with van der Waals surface area (Å²) in [6.45, 7) is 2.87. The minimum Gasteiger partial charge on any atom is -0.483 e. The number of hydrogen-bond acceptors (Lipinski definition) is 4. The molecule has 0 saturated carbocycles. The molecule has 0 spiro atoms. The topological polar surface area (TPSA) is 61.8 Å². The van der Waals surface area contributed by atoms with Crippen molar-refractivity contribution in [3.8, 4) is 5.75 Å². The molecule has 5 heteroatoms. The van der Waals surface area contributed by atoms with Gasteiger partial charge in [0, 0.05) is 32.7 Å². The number of carbonyl (C=O) groups is 1. The molecule has 1 atom stereocenters. The lowest BCUT2D eigenvalue weighted by atomic mass is 10.2. The van der Waals surface area contributed by atoms with Crippen LogP contribution < -0.4 is 10.1 Å². The van der Waals surface area contributed by atoms with E-state index in [0.29, 0.717) is 18.8 Å². The highest BCUT2D eigenvalue weighted by Gasteiger charge is 2.08. The maximum Gasteiger partial charge on any atom is 0.259 e. The van der Waals surface area contributed by atoms with Crippen molar-refractivity contribution in [2.45, 2.75) is 19.6 Å². The number of rotatable bonds is 7. The molecule has 0 aliphatic heterocycles. The van der Waals surface area contributed by atoms with Gasteiger partial charge in [0.25, 0.3) is 5.91 Å². The van der Waals surface area contributed by atoms with Crippen molar-refractivity contribution >= 4 is 5.91 Å². The van der Waals surface area contributed by atoms with Crippen molar-refractivity contribution in [2.24, 2.45) is 0 Å². The molecule has 5 nitrogen and oxygen atoms in total. The molecule has 1 unspecified atom stereocenters. The molecule has 19 heavy (non-hydrogen) atoms. The normalized spacial score (nSPS) is 12.0. The van der Waals surface area contributed by atoms with E-state index in [-0.39, 0.29) is 18.6 Å². The van der Waals surface area contributed by atoms with Crippen molar-refractivity contribution in [3.05, 3.63) is 29.8 Å². The van der Waals surface area contributed by atoms with Gasteiger partial charge in [0.2, 0.25) is 0 Å². The Morgan fingerprint density at radius 2 is 2.11 bits per heavy atom. The predicted octanol–water partition coefficient (Wildman–Crippen LogP) is 0.624. The lowest BCUT2D eigenvalue weighted by Crippen LogP contribution is -2.28. The lowest BCUT2D eigenvalue weighted by Gasteiger charge is -2.14. The highest BCUT2D eigenvalue weighted by Crippen LogP contribution is 2.17. The van der Waals surface area contributed by atoms with Crippen LogP contribution in [0, 0.1) is 0 Å². The number of carbonyl (C=O) groups excluding carboxylic acids is 1. The Hall–Kier alpha value is -1.59. The Labute approximate surface area is 114 Å². The molecule has 1 aromatic rings. The van der Waals surface area contributed by atoms with E-state index >= 15 is 0 Å². The molecule has 106 valence electrons. The number of nitrogens with zero attached hydrogens (tertiary/aromatic N) is 1. The largest absolute Gasteiger partial charge is 0.483 e. The van der Waals surface area contributed by atoms with E-state index in [2.05, 4.69) is 5.32 Å². The molecule has 0 aromatic heterocycles. The SMILES string of the molecule is CC(O)CNCc1ccccc1OCC(=O)N(C)C. The first kappa shape index (κ1) is 15.5. The van der Waals surface area contributed by atoms with Crippen LogP contribution >= 0.6 is 0 Å². The van der Waals surface area contributed by atoms with Gasteiger partial charge in [-0.15, -0.1) is 0 Å². The summed E-state index contributed by atoms with van der Waals surface area (Å²) < 4.78 is 5.52. The second-order valence-corrected chi connectivity index (χ2v) is 4.66. The van der Waals surface area contributed by atoms with Gasteiger partial charge in [0.1, 0.15) is 5.75 Å². The van der Waals surface area contributed by atoms with Crippen LogP contribution in [0.25, 0.3) is 0 Å². The van der Waals surface area contributed by atoms with E-state index < -0.39 is 0 Å². The zero-order valence-corrected chi connectivity index (χ0v) is 11.7. The van der Waals surface area contributed by atoms with Crippen molar-refractivity contribution < 1.29 is 14.6 Å². The molecule has 2 N–H and O–H groups in total. The molecule has 1 rings (SSSR count). The van der Waals surface area contributed by atoms with Gasteiger partial charge in [0.15, 0.2) is 6.61 Å². The lowest BCUT2D eigenvalue weighted by molar-refractivity contribution is -0.130. The minimum absolute atomic E-state index is 0.0282. The fourth-order valence-corrected chi connectivity index (χ4v) is 1.47. The van der Waals surface area contributed by atoms with E-state index in [0.717, 1.165) is 5.56 Å². The number of nitrogens with one attached hydrogen (secondary N) is 1. The van der Waals surface area contributed by atoms with Gasteiger partial charge in [-0.3, -0.25) is 4.79 Å². The van der Waals surface area contributed by atoms with Crippen molar-refractivity contribution in [1.82, 2.24) is 10.2 Å². The molecule has 1 aromatic carbocycles. The third kappa shape index (κ3) is 5.72. The van der Waals surface area contributed by atoms with Crippen LogP contribution in [0.4, 0.5) is 0 Å². The molecular weight excluding hydrogens is 244 g/mol. The predicted molar refractivity (Wildman–Crippen MR) is 74.0 cm³/mol. The van der Waals surface area contributed by atoms with Gasteiger partial charge in [-0.05, 0) is 13.0 Å². The van der Waals surface area contributed by atoms with E-state index in [1.54, 1.807) is 21.0 Å². The van der Waals surface area contributed by atoms with Crippen molar-refractivity contribution in [1.29, 1.82) is 0 Å². The average molecular weight is 266 g/mol. The number of para-hydroxylation sites is 1. The fraction of sp³-hybridized carbons (Fsp3) is 0.500. The summed E-state index contributed by atoms with van der Waals surface area (Å²) in [5.74, 6) is 0.613. The Morgan fingerprint density at radius 3 is 2.74 bits per heavy atom. The van der Waals surface area contributed by atoms with Crippen LogP contribution in [0.5, 0.6) is 5.75 Å². The zero-order chi connectivity index (χ0) is 14.3. The number of amides is 1. The van der Waals surface area contributed by atoms with Crippen molar-refractivity contribution in [3.63, 3.8) is 0 Å². The molecule has 1 amide bonds. The molecule has 0 bridgehead atoms. The Balaban J connectivity index is 2.55. The summed E-state index contributed by atoms with van der Waals surface area (Å²) in [5.41, 5.74) is 0.967. The van der Waals surface area contributed by atoms with Crippen LogP contribution in [0.2, 0.25) is 0 Å². The van der Waals surface area contributed by atoms with Gasteiger partial charge >= 0.3 is 0 Å². The monoisotopic (exact) mass is 266 g/mol. The summed E-state index contributed by atoms with van der Waals surface area (Å²) in [6.07, 6.45) is -0.386. The smallest absolute Gasteiger partial charge is 0.259 e. The molecule has 0 heterocycles. The zero-order valence-electron chi connectivity index (χ0n) is 11.7. The highest BCUT2D eigenvalue weighted by molar-refractivity contribution is 5.77. The second-order valence-electron chi connectivity index (χ2n) is 4.66.